The maximum absolute atomic E-state index is 3.73. The molecule has 10 rings (SSSR count). The number of hydrogen-bond donors (Lipinski definition) is 1. The minimum absolute atomic E-state index is 1.06. The molecule has 1 aliphatic carbocycles. The first-order valence-electron chi connectivity index (χ1n) is 17.1. The molecule has 0 unspecified atom stereocenters. The van der Waals surface area contributed by atoms with Crippen LogP contribution < -0.4 is 5.32 Å². The van der Waals surface area contributed by atoms with E-state index in [2.05, 4.69) is 184 Å². The van der Waals surface area contributed by atoms with E-state index in [9.17, 15) is 0 Å². The summed E-state index contributed by atoms with van der Waals surface area (Å²) in [6, 6.07) is 57.3. The summed E-state index contributed by atoms with van der Waals surface area (Å²) in [5, 5.41) is 8.80. The first-order valence-corrected chi connectivity index (χ1v) is 17.1. The van der Waals surface area contributed by atoms with Gasteiger partial charge in [0.25, 0.3) is 0 Å². The number of para-hydroxylation sites is 3. The van der Waals surface area contributed by atoms with E-state index < -0.39 is 0 Å². The van der Waals surface area contributed by atoms with Gasteiger partial charge >= 0.3 is 0 Å². The lowest BCUT2D eigenvalue weighted by Gasteiger charge is -2.18. The number of benzene rings is 7. The van der Waals surface area contributed by atoms with Gasteiger partial charge in [-0.05, 0) is 95.8 Å². The predicted molar refractivity (Wildman–Crippen MR) is 208 cm³/mol. The van der Waals surface area contributed by atoms with Crippen molar-refractivity contribution in [2.45, 2.75) is 12.8 Å². The van der Waals surface area contributed by atoms with Crippen LogP contribution in [0.25, 0.3) is 72.2 Å². The number of anilines is 2. The molecule has 0 fully saturated rings. The van der Waals surface area contributed by atoms with Gasteiger partial charge in [-0.1, -0.05) is 109 Å². The van der Waals surface area contributed by atoms with Crippen molar-refractivity contribution in [3.05, 3.63) is 175 Å². The van der Waals surface area contributed by atoms with Crippen LogP contribution in [-0.2, 0) is 6.42 Å². The van der Waals surface area contributed by atoms with Crippen LogP contribution in [0.5, 0.6) is 0 Å². The summed E-state index contributed by atoms with van der Waals surface area (Å²) >= 11 is 0. The van der Waals surface area contributed by atoms with Crippen LogP contribution in [0.2, 0.25) is 0 Å². The third-order valence-corrected chi connectivity index (χ3v) is 10.1. The maximum atomic E-state index is 3.73. The number of nitrogens with zero attached hydrogens (tertiary/aromatic N) is 2. The second-order valence-corrected chi connectivity index (χ2v) is 13.0. The third-order valence-electron chi connectivity index (χ3n) is 10.1. The van der Waals surface area contributed by atoms with Crippen LogP contribution in [-0.4, -0.2) is 9.13 Å². The first-order chi connectivity index (χ1) is 24.3. The highest BCUT2D eigenvalue weighted by Crippen LogP contribution is 2.38. The Balaban J connectivity index is 1.07. The molecule has 0 bridgehead atoms. The summed E-state index contributed by atoms with van der Waals surface area (Å²) in [4.78, 5) is 0. The van der Waals surface area contributed by atoms with Crippen LogP contribution >= 0.6 is 0 Å². The van der Waals surface area contributed by atoms with Gasteiger partial charge in [0.1, 0.15) is 0 Å². The van der Waals surface area contributed by atoms with E-state index in [1.54, 1.807) is 0 Å². The molecule has 0 radical (unpaired) electrons. The van der Waals surface area contributed by atoms with Crippen molar-refractivity contribution < 1.29 is 0 Å². The largest absolute Gasteiger partial charge is 0.355 e. The van der Waals surface area contributed by atoms with E-state index in [1.165, 1.54) is 71.6 Å². The van der Waals surface area contributed by atoms with Crippen LogP contribution in [0.3, 0.4) is 0 Å². The quantitative estimate of drug-likeness (QED) is 0.201. The minimum Gasteiger partial charge on any atom is -0.355 e. The summed E-state index contributed by atoms with van der Waals surface area (Å²) in [6.07, 6.45) is 6.70. The summed E-state index contributed by atoms with van der Waals surface area (Å²) < 4.78 is 4.84. The number of hydrogen-bond acceptors (Lipinski definition) is 1. The Labute approximate surface area is 285 Å². The number of fused-ring (bicyclic) bond motifs is 7. The lowest BCUT2D eigenvalue weighted by molar-refractivity contribution is 0.961. The molecular weight excluding hydrogens is 595 g/mol. The Bertz CT molecular complexity index is 2740. The fraction of sp³-hybridized carbons (Fsp3) is 0.0435. The normalized spacial score (nSPS) is 12.7. The van der Waals surface area contributed by atoms with Crippen molar-refractivity contribution in [2.24, 2.45) is 0 Å². The van der Waals surface area contributed by atoms with Crippen molar-refractivity contribution in [1.29, 1.82) is 0 Å². The fourth-order valence-electron chi connectivity index (χ4n) is 7.92. The molecule has 7 aromatic carbocycles. The van der Waals surface area contributed by atoms with Crippen molar-refractivity contribution >= 4 is 61.1 Å². The van der Waals surface area contributed by atoms with E-state index in [0.717, 1.165) is 29.9 Å². The molecule has 0 amide bonds. The number of aromatic nitrogens is 2. The van der Waals surface area contributed by atoms with Gasteiger partial charge in [0.05, 0.1) is 22.1 Å². The molecule has 0 saturated carbocycles. The standard InChI is InChI=1S/C46H33N3/c1-2-16-36(17-3-1)48-43-21-8-6-19-38(43)41-27-25-35(30-46(41)48)47-34-15-10-14-32(28-34)33-24-26-40-39-20-7-9-22-44(39)49(45(40)29-33)42-23-11-13-31-12-4-5-18-37(31)42/h1-4,6-17,19-30,47H,5,18H2. The average Bonchev–Trinajstić information content (AvgIpc) is 3.67. The van der Waals surface area contributed by atoms with Crippen molar-refractivity contribution in [2.75, 3.05) is 5.32 Å². The molecule has 1 N–H and O–H groups in total. The predicted octanol–water partition coefficient (Wildman–Crippen LogP) is 12.3. The Hall–Kier alpha value is -6.32. The molecule has 0 aliphatic heterocycles. The van der Waals surface area contributed by atoms with Gasteiger partial charge in [0, 0.05) is 44.3 Å². The zero-order valence-electron chi connectivity index (χ0n) is 27.0. The summed E-state index contributed by atoms with van der Waals surface area (Å²) in [5.74, 6) is 0. The molecule has 3 heteroatoms. The third kappa shape index (κ3) is 4.51. The minimum atomic E-state index is 1.06. The molecule has 232 valence electrons. The van der Waals surface area contributed by atoms with Gasteiger partial charge < -0.3 is 14.5 Å². The van der Waals surface area contributed by atoms with Gasteiger partial charge in [-0.2, -0.15) is 0 Å². The maximum Gasteiger partial charge on any atom is 0.0561 e. The molecule has 0 atom stereocenters. The van der Waals surface area contributed by atoms with Gasteiger partial charge in [0.2, 0.25) is 0 Å². The van der Waals surface area contributed by atoms with Crippen LogP contribution in [0.1, 0.15) is 17.5 Å². The van der Waals surface area contributed by atoms with E-state index in [1.807, 2.05) is 0 Å². The van der Waals surface area contributed by atoms with Gasteiger partial charge in [-0.25, -0.2) is 0 Å². The SMILES string of the molecule is C1=Cc2cccc(-n3c4ccccc4c4ccc(-c5cccc(Nc6ccc7c8ccccc8n(-c8ccccc8)c7c6)c5)cc43)c2CC1. The van der Waals surface area contributed by atoms with Crippen molar-refractivity contribution in [3.8, 4) is 22.5 Å². The average molecular weight is 628 g/mol. The van der Waals surface area contributed by atoms with E-state index in [4.69, 9.17) is 0 Å². The van der Waals surface area contributed by atoms with Crippen LogP contribution in [0.15, 0.2) is 164 Å². The smallest absolute Gasteiger partial charge is 0.0561 e. The number of nitrogens with one attached hydrogen (secondary N) is 1. The molecule has 0 spiro atoms. The second kappa shape index (κ2) is 11.1. The van der Waals surface area contributed by atoms with Crippen molar-refractivity contribution in [3.63, 3.8) is 0 Å². The van der Waals surface area contributed by atoms with Crippen LogP contribution in [0.4, 0.5) is 11.4 Å². The zero-order valence-corrected chi connectivity index (χ0v) is 27.0. The van der Waals surface area contributed by atoms with E-state index in [-0.39, 0.29) is 0 Å². The monoisotopic (exact) mass is 627 g/mol. The Morgan fingerprint density at radius 3 is 1.94 bits per heavy atom. The van der Waals surface area contributed by atoms with Gasteiger partial charge in [-0.15, -0.1) is 0 Å². The molecule has 2 heterocycles. The molecule has 3 nitrogen and oxygen atoms in total. The highest BCUT2D eigenvalue weighted by molar-refractivity contribution is 6.11. The van der Waals surface area contributed by atoms with E-state index >= 15 is 0 Å². The highest BCUT2D eigenvalue weighted by Gasteiger charge is 2.18. The Morgan fingerprint density at radius 1 is 0.449 bits per heavy atom. The lowest BCUT2D eigenvalue weighted by Crippen LogP contribution is -2.03. The number of rotatable bonds is 5. The molecule has 1 aliphatic rings. The Morgan fingerprint density at radius 2 is 1.10 bits per heavy atom. The van der Waals surface area contributed by atoms with E-state index in [0.29, 0.717) is 0 Å². The summed E-state index contributed by atoms with van der Waals surface area (Å²) in [5.41, 5.74) is 14.6. The molecule has 49 heavy (non-hydrogen) atoms. The second-order valence-electron chi connectivity index (χ2n) is 13.0. The van der Waals surface area contributed by atoms with Crippen LogP contribution in [0, 0.1) is 0 Å². The fourth-order valence-corrected chi connectivity index (χ4v) is 7.92. The zero-order chi connectivity index (χ0) is 32.3. The Kier molecular flexibility index (Phi) is 6.31. The molecule has 2 aromatic heterocycles. The van der Waals surface area contributed by atoms with Gasteiger partial charge in [0.15, 0.2) is 0 Å². The van der Waals surface area contributed by atoms with Gasteiger partial charge in [-0.3, -0.25) is 0 Å². The molecule has 9 aromatic rings. The highest BCUT2D eigenvalue weighted by atomic mass is 15.0. The topological polar surface area (TPSA) is 21.9 Å². The number of allylic oxidation sites excluding steroid dienone is 1. The summed E-state index contributed by atoms with van der Waals surface area (Å²) in [6.45, 7) is 0. The first kappa shape index (κ1) is 27.8. The lowest BCUT2D eigenvalue weighted by atomic mass is 9.95. The summed E-state index contributed by atoms with van der Waals surface area (Å²) in [7, 11) is 0. The van der Waals surface area contributed by atoms with Crippen molar-refractivity contribution in [1.82, 2.24) is 9.13 Å². The molecule has 0 saturated heterocycles. The molecular formula is C46H33N3.